The van der Waals surface area contributed by atoms with Gasteiger partial charge in [-0.25, -0.2) is 4.98 Å². The van der Waals surface area contributed by atoms with Crippen LogP contribution in [0.3, 0.4) is 0 Å². The lowest BCUT2D eigenvalue weighted by molar-refractivity contribution is 0.414. The fraction of sp³-hybridized carbons (Fsp3) is 0.333. The molecule has 0 fully saturated rings. The average molecular weight is 289 g/mol. The summed E-state index contributed by atoms with van der Waals surface area (Å²) in [5, 5.41) is 4.64. The highest BCUT2D eigenvalue weighted by Crippen LogP contribution is 2.31. The Bertz CT molecular complexity index is 518. The molecule has 0 aliphatic carbocycles. The van der Waals surface area contributed by atoms with Gasteiger partial charge in [-0.15, -0.1) is 0 Å². The van der Waals surface area contributed by atoms with Crippen molar-refractivity contribution in [2.24, 2.45) is 0 Å². The summed E-state index contributed by atoms with van der Waals surface area (Å²) in [5.74, 6) is 0.873. The number of nitrogens with zero attached hydrogens (tertiary/aromatic N) is 2. The van der Waals surface area contributed by atoms with E-state index in [1.165, 1.54) is 5.56 Å². The zero-order valence-corrected chi connectivity index (χ0v) is 12.7. The quantitative estimate of drug-likeness (QED) is 0.829. The van der Waals surface area contributed by atoms with E-state index in [0.29, 0.717) is 5.25 Å². The Labute approximate surface area is 124 Å². The Morgan fingerprint density at radius 1 is 1.20 bits per heavy atom. The molecule has 1 heterocycles. The Hall–Kier alpha value is -1.59. The number of nitrogens with one attached hydrogen (secondary N) is 1. The van der Waals surface area contributed by atoms with Gasteiger partial charge >= 0.3 is 0 Å². The maximum absolute atomic E-state index is 5.19. The van der Waals surface area contributed by atoms with Gasteiger partial charge in [0, 0.05) is 23.7 Å². The van der Waals surface area contributed by atoms with Gasteiger partial charge in [-0.2, -0.15) is 0 Å². The van der Waals surface area contributed by atoms with E-state index in [9.17, 15) is 0 Å². The predicted molar refractivity (Wildman–Crippen MR) is 82.1 cm³/mol. The monoisotopic (exact) mass is 289 g/mol. The second-order valence-electron chi connectivity index (χ2n) is 4.41. The molecule has 1 N–H and O–H groups in total. The topological polar surface area (TPSA) is 47.0 Å². The lowest BCUT2D eigenvalue weighted by Crippen LogP contribution is -2.25. The molecule has 0 aliphatic rings. The van der Waals surface area contributed by atoms with Crippen LogP contribution in [0.25, 0.3) is 0 Å². The first-order valence-corrected chi connectivity index (χ1v) is 7.36. The summed E-state index contributed by atoms with van der Waals surface area (Å²) in [5.41, 5.74) is 1.23. The van der Waals surface area contributed by atoms with Crippen LogP contribution < -0.4 is 10.1 Å². The van der Waals surface area contributed by atoms with Crippen LogP contribution in [0.4, 0.5) is 0 Å². The smallest absolute Gasteiger partial charge is 0.118 e. The van der Waals surface area contributed by atoms with E-state index in [2.05, 4.69) is 34.3 Å². The van der Waals surface area contributed by atoms with Gasteiger partial charge in [-0.05, 0) is 24.7 Å². The van der Waals surface area contributed by atoms with Crippen molar-refractivity contribution in [3.8, 4) is 5.75 Å². The van der Waals surface area contributed by atoms with E-state index >= 15 is 0 Å². The molecule has 0 aliphatic heterocycles. The van der Waals surface area contributed by atoms with Crippen LogP contribution in [-0.4, -0.2) is 29.4 Å². The first-order chi connectivity index (χ1) is 9.74. The van der Waals surface area contributed by atoms with Crippen molar-refractivity contribution in [2.45, 2.75) is 23.2 Å². The van der Waals surface area contributed by atoms with Crippen LogP contribution in [-0.2, 0) is 0 Å². The van der Waals surface area contributed by atoms with Gasteiger partial charge in [0.2, 0.25) is 0 Å². The number of benzene rings is 1. The summed E-state index contributed by atoms with van der Waals surface area (Å²) >= 11 is 1.71. The van der Waals surface area contributed by atoms with Gasteiger partial charge in [0.05, 0.1) is 13.3 Å². The van der Waals surface area contributed by atoms with Crippen molar-refractivity contribution in [1.29, 1.82) is 0 Å². The molecule has 1 aromatic carbocycles. The fourth-order valence-corrected chi connectivity index (χ4v) is 3.14. The van der Waals surface area contributed by atoms with Crippen molar-refractivity contribution < 1.29 is 4.74 Å². The second kappa shape index (κ2) is 7.26. The van der Waals surface area contributed by atoms with Crippen molar-refractivity contribution >= 4 is 11.8 Å². The van der Waals surface area contributed by atoms with Gasteiger partial charge < -0.3 is 10.1 Å². The molecule has 0 amide bonds. The molecule has 2 atom stereocenters. The molecule has 2 unspecified atom stereocenters. The molecular weight excluding hydrogens is 270 g/mol. The minimum absolute atomic E-state index is 0.243. The molecular formula is C15H19N3OS. The van der Waals surface area contributed by atoms with Gasteiger partial charge in [0.15, 0.2) is 0 Å². The van der Waals surface area contributed by atoms with E-state index in [0.717, 1.165) is 10.8 Å². The molecule has 2 rings (SSSR count). The van der Waals surface area contributed by atoms with E-state index in [1.54, 1.807) is 37.5 Å². The second-order valence-corrected chi connectivity index (χ2v) is 5.80. The first kappa shape index (κ1) is 14.8. The minimum Gasteiger partial charge on any atom is -0.497 e. The van der Waals surface area contributed by atoms with Crippen molar-refractivity contribution in [1.82, 2.24) is 15.3 Å². The van der Waals surface area contributed by atoms with E-state index in [4.69, 9.17) is 4.74 Å². The zero-order chi connectivity index (χ0) is 14.4. The summed E-state index contributed by atoms with van der Waals surface area (Å²) in [6.45, 7) is 2.19. The van der Waals surface area contributed by atoms with Crippen LogP contribution >= 0.6 is 11.8 Å². The number of thioether (sulfide) groups is 1. The fourth-order valence-electron chi connectivity index (χ4n) is 2.09. The van der Waals surface area contributed by atoms with Gasteiger partial charge in [0.1, 0.15) is 10.8 Å². The average Bonchev–Trinajstić information content (AvgIpc) is 2.49. The third kappa shape index (κ3) is 3.71. The number of rotatable bonds is 6. The number of aromatic nitrogens is 2. The zero-order valence-electron chi connectivity index (χ0n) is 11.9. The molecule has 1 aromatic heterocycles. The summed E-state index contributed by atoms with van der Waals surface area (Å²) in [7, 11) is 3.65. The molecule has 20 heavy (non-hydrogen) atoms. The van der Waals surface area contributed by atoms with E-state index < -0.39 is 0 Å². The molecule has 0 spiro atoms. The Morgan fingerprint density at radius 3 is 2.50 bits per heavy atom. The van der Waals surface area contributed by atoms with Crippen molar-refractivity contribution in [3.63, 3.8) is 0 Å². The van der Waals surface area contributed by atoms with Crippen LogP contribution in [0.15, 0.2) is 47.9 Å². The van der Waals surface area contributed by atoms with Crippen molar-refractivity contribution in [2.75, 3.05) is 14.2 Å². The molecule has 4 nitrogen and oxygen atoms in total. The summed E-state index contributed by atoms with van der Waals surface area (Å²) in [6.07, 6.45) is 5.20. The molecule has 5 heteroatoms. The Kier molecular flexibility index (Phi) is 5.38. The third-order valence-electron chi connectivity index (χ3n) is 3.10. The van der Waals surface area contributed by atoms with Crippen molar-refractivity contribution in [3.05, 3.63) is 48.4 Å². The minimum atomic E-state index is 0.243. The van der Waals surface area contributed by atoms with Gasteiger partial charge in [0.25, 0.3) is 0 Å². The third-order valence-corrected chi connectivity index (χ3v) is 4.20. The number of hydrogen-bond acceptors (Lipinski definition) is 5. The lowest BCUT2D eigenvalue weighted by Gasteiger charge is -2.23. The molecule has 2 aromatic rings. The summed E-state index contributed by atoms with van der Waals surface area (Å²) < 4.78 is 5.19. The van der Waals surface area contributed by atoms with E-state index in [1.807, 2.05) is 19.2 Å². The largest absolute Gasteiger partial charge is 0.497 e. The maximum Gasteiger partial charge on any atom is 0.118 e. The Morgan fingerprint density at radius 2 is 1.95 bits per heavy atom. The number of ether oxygens (including phenoxy) is 1. The van der Waals surface area contributed by atoms with Crippen LogP contribution in [0.2, 0.25) is 0 Å². The van der Waals surface area contributed by atoms with Crippen LogP contribution in [0, 0.1) is 0 Å². The highest BCUT2D eigenvalue weighted by molar-refractivity contribution is 7.99. The van der Waals surface area contributed by atoms with Gasteiger partial charge in [-0.1, -0.05) is 30.8 Å². The molecule has 0 radical (unpaired) electrons. The standard InChI is InChI=1S/C15H19N3OS/c1-11(20-14-10-17-8-9-18-14)15(16-2)12-4-6-13(19-3)7-5-12/h4-11,15-16H,1-3H3. The maximum atomic E-state index is 5.19. The number of methoxy groups -OCH3 is 1. The van der Waals surface area contributed by atoms with Gasteiger partial charge in [-0.3, -0.25) is 4.98 Å². The van der Waals surface area contributed by atoms with Crippen LogP contribution in [0.1, 0.15) is 18.5 Å². The summed E-state index contributed by atoms with van der Waals surface area (Å²) in [4.78, 5) is 8.41. The highest BCUT2D eigenvalue weighted by Gasteiger charge is 2.19. The molecule has 0 saturated carbocycles. The molecule has 0 saturated heterocycles. The van der Waals surface area contributed by atoms with Crippen LogP contribution in [0.5, 0.6) is 5.75 Å². The predicted octanol–water partition coefficient (Wildman–Crippen LogP) is 2.93. The Balaban J connectivity index is 2.10. The molecule has 106 valence electrons. The summed E-state index contributed by atoms with van der Waals surface area (Å²) in [6, 6.07) is 8.40. The molecule has 0 bridgehead atoms. The number of hydrogen-bond donors (Lipinski definition) is 1. The van der Waals surface area contributed by atoms with E-state index in [-0.39, 0.29) is 6.04 Å². The highest BCUT2D eigenvalue weighted by atomic mass is 32.2. The first-order valence-electron chi connectivity index (χ1n) is 6.48. The SMILES string of the molecule is CNC(c1ccc(OC)cc1)C(C)Sc1cnccn1. The lowest BCUT2D eigenvalue weighted by atomic mass is 10.0. The normalized spacial score (nSPS) is 13.8.